The number of carbonyl (C=O) groups is 2. The maximum absolute atomic E-state index is 12.4. The summed E-state index contributed by atoms with van der Waals surface area (Å²) in [6, 6.07) is 5.24. The predicted molar refractivity (Wildman–Crippen MR) is 106 cm³/mol. The third kappa shape index (κ3) is 7.10. The zero-order valence-corrected chi connectivity index (χ0v) is 17.2. The Bertz CT molecular complexity index is 755. The van der Waals surface area contributed by atoms with Crippen LogP contribution in [0, 0.1) is 0 Å². The van der Waals surface area contributed by atoms with Crippen molar-refractivity contribution < 1.29 is 18.0 Å². The maximum Gasteiger partial charge on any atom is 0.241 e. The Hall–Kier alpha value is -1.68. The molecule has 3 unspecified atom stereocenters. The van der Waals surface area contributed by atoms with E-state index >= 15 is 0 Å². The fourth-order valence-electron chi connectivity index (χ4n) is 2.86. The van der Waals surface area contributed by atoms with E-state index in [1.165, 1.54) is 38.1 Å². The monoisotopic (exact) mass is 418 g/mol. The number of anilines is 1. The molecule has 1 fully saturated rings. The van der Waals surface area contributed by atoms with Crippen LogP contribution < -0.4 is 20.7 Å². The Kier molecular flexibility index (Phi) is 8.67. The summed E-state index contributed by atoms with van der Waals surface area (Å²) in [4.78, 5) is 23.3. The first-order chi connectivity index (χ1) is 12.2. The number of sulfonamides is 1. The van der Waals surface area contributed by atoms with Crippen LogP contribution in [0.3, 0.4) is 0 Å². The molecule has 27 heavy (non-hydrogen) atoms. The number of hydrogen-bond acceptors (Lipinski definition) is 5. The molecule has 2 rings (SSSR count). The number of carbonyl (C=O) groups excluding carboxylic acids is 2. The Labute approximate surface area is 166 Å². The number of rotatable bonds is 6. The molecule has 10 heteroatoms. The van der Waals surface area contributed by atoms with Gasteiger partial charge >= 0.3 is 0 Å². The molecular weight excluding hydrogens is 392 g/mol. The highest BCUT2D eigenvalue weighted by atomic mass is 35.5. The van der Waals surface area contributed by atoms with Crippen molar-refractivity contribution in [2.45, 2.75) is 56.6 Å². The predicted octanol–water partition coefficient (Wildman–Crippen LogP) is 0.990. The van der Waals surface area contributed by atoms with Crippen LogP contribution in [-0.2, 0) is 19.6 Å². The van der Waals surface area contributed by atoms with E-state index in [1.54, 1.807) is 0 Å². The molecule has 1 aromatic rings. The molecule has 0 spiro atoms. The Morgan fingerprint density at radius 1 is 1.22 bits per heavy atom. The molecule has 4 N–H and O–H groups in total. The topological polar surface area (TPSA) is 116 Å². The standard InChI is InChI=1S/C17H26N4O4S.ClH/c1-11-10-15(8-9-18-11)20-17(23)12(2)21-26(24,25)16-6-4-14(5-7-16)19-13(3)22;/h4-7,11-12,15,18,21H,8-10H2,1-3H3,(H,19,22)(H,20,23);1H. The van der Waals surface area contributed by atoms with Crippen molar-refractivity contribution in [2.24, 2.45) is 0 Å². The zero-order chi connectivity index (χ0) is 19.3. The second-order valence-electron chi connectivity index (χ2n) is 6.63. The molecule has 1 aromatic carbocycles. The second-order valence-corrected chi connectivity index (χ2v) is 8.35. The summed E-state index contributed by atoms with van der Waals surface area (Å²) >= 11 is 0. The molecule has 0 radical (unpaired) electrons. The summed E-state index contributed by atoms with van der Waals surface area (Å²) in [7, 11) is -3.84. The third-order valence-corrected chi connectivity index (χ3v) is 5.74. The van der Waals surface area contributed by atoms with Crippen LogP contribution in [0.25, 0.3) is 0 Å². The van der Waals surface area contributed by atoms with Gasteiger partial charge in [-0.3, -0.25) is 9.59 Å². The highest BCUT2D eigenvalue weighted by Gasteiger charge is 2.25. The molecule has 1 aliphatic heterocycles. The van der Waals surface area contributed by atoms with Crippen molar-refractivity contribution in [2.75, 3.05) is 11.9 Å². The summed E-state index contributed by atoms with van der Waals surface area (Å²) in [5.41, 5.74) is 0.502. The molecule has 1 saturated heterocycles. The Balaban J connectivity index is 0.00000364. The molecule has 2 amide bonds. The molecule has 152 valence electrons. The van der Waals surface area contributed by atoms with Gasteiger partial charge in [0.15, 0.2) is 0 Å². The van der Waals surface area contributed by atoms with Crippen molar-refractivity contribution in [1.29, 1.82) is 0 Å². The number of benzene rings is 1. The van der Waals surface area contributed by atoms with Crippen LogP contribution in [0.5, 0.6) is 0 Å². The number of nitrogens with one attached hydrogen (secondary N) is 4. The van der Waals surface area contributed by atoms with Gasteiger partial charge < -0.3 is 16.0 Å². The molecule has 0 aliphatic carbocycles. The molecule has 1 aliphatic rings. The Morgan fingerprint density at radius 3 is 2.41 bits per heavy atom. The highest BCUT2D eigenvalue weighted by molar-refractivity contribution is 7.89. The number of halogens is 1. The average Bonchev–Trinajstić information content (AvgIpc) is 2.54. The summed E-state index contributed by atoms with van der Waals surface area (Å²) in [6.45, 7) is 5.76. The Morgan fingerprint density at radius 2 is 1.85 bits per heavy atom. The van der Waals surface area contributed by atoms with E-state index in [2.05, 4.69) is 27.6 Å². The molecule has 8 nitrogen and oxygen atoms in total. The fraction of sp³-hybridized carbons (Fsp3) is 0.529. The van der Waals surface area contributed by atoms with Gasteiger partial charge in [0.25, 0.3) is 0 Å². The van der Waals surface area contributed by atoms with Crippen LogP contribution in [0.15, 0.2) is 29.2 Å². The van der Waals surface area contributed by atoms with E-state index in [9.17, 15) is 18.0 Å². The van der Waals surface area contributed by atoms with Gasteiger partial charge in [-0.15, -0.1) is 12.4 Å². The van der Waals surface area contributed by atoms with Crippen molar-refractivity contribution in [3.05, 3.63) is 24.3 Å². The highest BCUT2D eigenvalue weighted by Crippen LogP contribution is 2.15. The van der Waals surface area contributed by atoms with Crippen LogP contribution in [0.1, 0.15) is 33.6 Å². The molecule has 1 heterocycles. The van der Waals surface area contributed by atoms with E-state index in [-0.39, 0.29) is 35.2 Å². The van der Waals surface area contributed by atoms with Gasteiger partial charge in [0.1, 0.15) is 0 Å². The maximum atomic E-state index is 12.4. The minimum absolute atomic E-state index is 0. The molecule has 3 atom stereocenters. The van der Waals surface area contributed by atoms with E-state index in [1.807, 2.05) is 0 Å². The van der Waals surface area contributed by atoms with Gasteiger partial charge in [0, 0.05) is 24.7 Å². The lowest BCUT2D eigenvalue weighted by Crippen LogP contribution is -2.52. The van der Waals surface area contributed by atoms with E-state index < -0.39 is 16.1 Å². The van der Waals surface area contributed by atoms with Gasteiger partial charge in [-0.1, -0.05) is 0 Å². The number of piperidine rings is 1. The first-order valence-electron chi connectivity index (χ1n) is 8.61. The van der Waals surface area contributed by atoms with Gasteiger partial charge in [-0.05, 0) is 57.5 Å². The van der Waals surface area contributed by atoms with Gasteiger partial charge in [-0.2, -0.15) is 4.72 Å². The molecular formula is C17H27ClN4O4S. The number of amides is 2. The smallest absolute Gasteiger partial charge is 0.241 e. The molecule has 0 bridgehead atoms. The average molecular weight is 419 g/mol. The minimum atomic E-state index is -3.84. The fourth-order valence-corrected chi connectivity index (χ4v) is 4.07. The van der Waals surface area contributed by atoms with Crippen LogP contribution in [0.4, 0.5) is 5.69 Å². The summed E-state index contributed by atoms with van der Waals surface area (Å²) in [6.07, 6.45) is 1.63. The van der Waals surface area contributed by atoms with E-state index in [4.69, 9.17) is 0 Å². The molecule has 0 saturated carbocycles. The zero-order valence-electron chi connectivity index (χ0n) is 15.6. The first kappa shape index (κ1) is 23.4. The SMILES string of the molecule is CC(=O)Nc1ccc(S(=O)(=O)NC(C)C(=O)NC2CCNC(C)C2)cc1.Cl. The molecule has 0 aromatic heterocycles. The second kappa shape index (κ2) is 10.0. The van der Waals surface area contributed by atoms with E-state index in [0.29, 0.717) is 11.7 Å². The quantitative estimate of drug-likeness (QED) is 0.549. The minimum Gasteiger partial charge on any atom is -0.352 e. The number of hydrogen-bond donors (Lipinski definition) is 4. The van der Waals surface area contributed by atoms with Crippen molar-refractivity contribution in [3.63, 3.8) is 0 Å². The lowest BCUT2D eigenvalue weighted by molar-refractivity contribution is -0.123. The van der Waals surface area contributed by atoms with Gasteiger partial charge in [-0.25, -0.2) is 8.42 Å². The summed E-state index contributed by atoms with van der Waals surface area (Å²) in [5, 5.41) is 8.77. The van der Waals surface area contributed by atoms with Crippen molar-refractivity contribution in [1.82, 2.24) is 15.4 Å². The van der Waals surface area contributed by atoms with Crippen LogP contribution >= 0.6 is 12.4 Å². The summed E-state index contributed by atoms with van der Waals surface area (Å²) in [5.74, 6) is -0.584. The third-order valence-electron chi connectivity index (χ3n) is 4.18. The van der Waals surface area contributed by atoms with Crippen LogP contribution in [-0.4, -0.2) is 44.9 Å². The van der Waals surface area contributed by atoms with Gasteiger partial charge in [0.05, 0.1) is 10.9 Å². The first-order valence-corrected chi connectivity index (χ1v) is 10.1. The van der Waals surface area contributed by atoms with Gasteiger partial charge in [0.2, 0.25) is 21.8 Å². The summed E-state index contributed by atoms with van der Waals surface area (Å²) < 4.78 is 27.3. The van der Waals surface area contributed by atoms with Crippen molar-refractivity contribution >= 4 is 39.9 Å². The lowest BCUT2D eigenvalue weighted by Gasteiger charge is -2.29. The van der Waals surface area contributed by atoms with Crippen LogP contribution in [0.2, 0.25) is 0 Å². The normalized spacial score (nSPS) is 20.9. The lowest BCUT2D eigenvalue weighted by atomic mass is 10.0. The largest absolute Gasteiger partial charge is 0.352 e. The van der Waals surface area contributed by atoms with E-state index in [0.717, 1.165) is 19.4 Å². The van der Waals surface area contributed by atoms with Crippen molar-refractivity contribution in [3.8, 4) is 0 Å².